The third kappa shape index (κ3) is 29.8. The summed E-state index contributed by atoms with van der Waals surface area (Å²) in [5.74, 6) is -21.0. The molecule has 3 aromatic carbocycles. The van der Waals surface area contributed by atoms with E-state index in [1.807, 2.05) is 13.8 Å². The van der Waals surface area contributed by atoms with E-state index in [0.717, 1.165) is 36.3 Å². The first-order valence-electron chi connectivity index (χ1n) is 45.1. The maximum absolute atomic E-state index is 15.9. The van der Waals surface area contributed by atoms with Crippen LogP contribution in [0.5, 0.6) is 5.75 Å². The van der Waals surface area contributed by atoms with E-state index in [1.54, 1.807) is 68.6 Å². The average Bonchev–Trinajstić information content (AvgIpc) is 1.55. The number of hydrogen-bond donors (Lipinski definition) is 19. The van der Waals surface area contributed by atoms with Crippen molar-refractivity contribution in [1.29, 1.82) is 0 Å². The summed E-state index contributed by atoms with van der Waals surface area (Å²) in [6.07, 6.45) is -1.13. The van der Waals surface area contributed by atoms with Crippen LogP contribution >= 0.6 is 11.8 Å². The normalized spacial score (nSPS) is 24.8. The second kappa shape index (κ2) is 50.7. The predicted octanol–water partition coefficient (Wildman–Crippen LogP) is -3.42. The number of fused-ring (bicyclic) bond motifs is 4. The van der Waals surface area contributed by atoms with Gasteiger partial charge in [-0.1, -0.05) is 102 Å². The first kappa shape index (κ1) is 107. The van der Waals surface area contributed by atoms with Crippen LogP contribution < -0.4 is 76.1 Å². The number of hydrogen-bond acceptors (Lipinski definition) is 24. The molecular formula is C90H127N21O23S. The number of likely N-dealkylation sites (N-methyl/N-ethyl adjacent to an activating group) is 3. The monoisotopic (exact) mass is 1900 g/mol. The molecule has 0 spiro atoms. The van der Waals surface area contributed by atoms with Gasteiger partial charge in [-0.2, -0.15) is 0 Å². The van der Waals surface area contributed by atoms with Crippen LogP contribution in [0.15, 0.2) is 85.2 Å². The number of H-pyrrole nitrogens is 1. The van der Waals surface area contributed by atoms with Crippen molar-refractivity contribution in [2.24, 2.45) is 28.9 Å². The van der Waals surface area contributed by atoms with E-state index in [-0.39, 0.29) is 76.1 Å². The standard InChI is InChI=1S/C90H127N21O23S/c1-9-11-21-68-83(127)100-60(34-48(3)4)80(124)105-66(78(122)96-42-73(94)115)46-135-47-74(116)97-62(35-50-25-27-53(112)28-26-50)86(130)106(6)49(5)77(121)102-64(39-72(93)114)89(133)110-33-17-24-69(110)84(128)104-65(40-92)82(126)99-59(29-30-75(117)118)88(132)111-44-54(113)38-71(111)85(129)101-61(36-51-41-95-57-20-15-13-18-55(51)57)81(125)98-58(31-32-91)79(123)103-63(87(131)108(8)70(22-12-10-2)90(134)107(68)7)37-52-43-109(45-76(119)120)67-23-16-14-19-56(52)67/h13-16,18-20,23,25-28,41,43,48-49,54,58-66,68-71,95,112-113H,9-12,17,21-22,24,29-40,42,44-47,91-92H2,1-8H3,(H2,93,114)(H2,94,115)(H,96,122)(H,97,116)(H,98,125)(H,99,126)(H,100,127)(H,101,129)(H,102,121)(H,103,123)(H,104,128)(H,105,124)(H,117,118)(H,119,120)/t49-,54+,58-,59-,60-,61-,62-,63-,64+,65-,66-,68-,69-,70-,71-/m0/s1. The van der Waals surface area contributed by atoms with Crippen molar-refractivity contribution in [3.8, 4) is 5.75 Å². The van der Waals surface area contributed by atoms with Gasteiger partial charge in [0.15, 0.2) is 0 Å². The highest BCUT2D eigenvalue weighted by molar-refractivity contribution is 8.00. The lowest BCUT2D eigenvalue weighted by atomic mass is 9.99. The molecule has 2 aromatic heterocycles. The Bertz CT molecular complexity index is 5130. The van der Waals surface area contributed by atoms with Crippen LogP contribution in [0.3, 0.4) is 0 Å². The van der Waals surface area contributed by atoms with E-state index in [1.165, 1.54) is 63.1 Å². The zero-order chi connectivity index (χ0) is 99.4. The third-order valence-electron chi connectivity index (χ3n) is 24.0. The molecule has 0 aliphatic carbocycles. The number of primary amides is 2. The van der Waals surface area contributed by atoms with Gasteiger partial charge >= 0.3 is 11.9 Å². The number of aromatic amines is 1. The van der Waals surface area contributed by atoms with Crippen molar-refractivity contribution in [3.05, 3.63) is 102 Å². The highest BCUT2D eigenvalue weighted by Gasteiger charge is 2.47. The van der Waals surface area contributed by atoms with Crippen molar-refractivity contribution in [2.75, 3.05) is 65.4 Å². The van der Waals surface area contributed by atoms with Gasteiger partial charge in [0.2, 0.25) is 100 Å². The molecule has 3 aliphatic rings. The van der Waals surface area contributed by atoms with Crippen LogP contribution in [0.25, 0.3) is 21.8 Å². The van der Waals surface area contributed by atoms with Gasteiger partial charge in [0, 0.05) is 113 Å². The number of para-hydroxylation sites is 2. The van der Waals surface area contributed by atoms with E-state index < -0.39 is 273 Å². The SMILES string of the molecule is CCCC[C@H]1C(=O)N(C)[C@@H](CCCC)C(=O)N[C@@H](CC(C)C)C(=O)N[C@H](C(=O)NCC(N)=O)CSCC(=O)N[C@@H](Cc2ccc(O)cc2)C(=O)N(C)[C@@H](C)C(=O)N[C@H](CC(N)=O)C(=O)N2CCC[C@H]2C(=O)N[C@@H](CN)C(=O)N[C@@H](CCC(=O)O)C(=O)N2C[C@H](O)C[C@H]2C(=O)N[C@@H](Cc2c[nH]c3ccccc23)C(=O)N[C@@H](CCN)C(=O)N[C@@H](Cc2cn(CC(=O)O)c3ccccc23)C(=O)N1C. The zero-order valence-electron chi connectivity index (χ0n) is 76.9. The lowest BCUT2D eigenvalue weighted by Crippen LogP contribution is -2.61. The quantitative estimate of drug-likeness (QED) is 0.0243. The number of nitrogens with two attached hydrogens (primary N) is 4. The number of carbonyl (C=O) groups excluding carboxylic acids is 17. The molecule has 0 saturated carbocycles. The highest BCUT2D eigenvalue weighted by Crippen LogP contribution is 2.29. The molecule has 3 saturated heterocycles. The van der Waals surface area contributed by atoms with E-state index in [0.29, 0.717) is 64.2 Å². The summed E-state index contributed by atoms with van der Waals surface area (Å²) in [5.41, 5.74) is 25.6. The molecule has 135 heavy (non-hydrogen) atoms. The predicted molar refractivity (Wildman–Crippen MR) is 492 cm³/mol. The Balaban J connectivity index is 1.21. The summed E-state index contributed by atoms with van der Waals surface area (Å²) in [6, 6.07) is -3.49. The number of nitrogens with zero attached hydrogens (tertiary/aromatic N) is 6. The summed E-state index contributed by atoms with van der Waals surface area (Å²) in [7, 11) is 3.85. The topological polar surface area (TPSA) is 667 Å². The number of phenols is 1. The van der Waals surface area contributed by atoms with Crippen molar-refractivity contribution >= 4 is 146 Å². The van der Waals surface area contributed by atoms with Gasteiger partial charge in [-0.05, 0) is 105 Å². The second-order valence-corrected chi connectivity index (χ2v) is 35.6. The zero-order valence-corrected chi connectivity index (χ0v) is 77.8. The number of carboxylic acid groups (broad SMARTS) is 2. The van der Waals surface area contributed by atoms with Gasteiger partial charge in [0.25, 0.3) is 0 Å². The fraction of sp³-hybridized carbons (Fsp3) is 0.544. The number of aliphatic carboxylic acids is 2. The Morgan fingerprint density at radius 1 is 0.548 bits per heavy atom. The first-order chi connectivity index (χ1) is 64.1. The number of carboxylic acids is 2. The van der Waals surface area contributed by atoms with Crippen LogP contribution in [-0.4, -0.2) is 323 Å². The molecule has 15 atom stereocenters. The number of aromatic hydroxyl groups is 1. The number of aliphatic hydroxyl groups excluding tert-OH is 1. The Labute approximate surface area is 783 Å². The number of amides is 17. The number of aromatic nitrogens is 2. The molecule has 45 heteroatoms. The van der Waals surface area contributed by atoms with Gasteiger partial charge in [-0.3, -0.25) is 91.1 Å². The molecule has 3 fully saturated rings. The molecule has 17 amide bonds. The minimum Gasteiger partial charge on any atom is -0.508 e. The molecule has 0 radical (unpaired) electrons. The van der Waals surface area contributed by atoms with E-state index >= 15 is 33.6 Å². The Hall–Kier alpha value is -13.3. The van der Waals surface area contributed by atoms with Gasteiger partial charge in [0.1, 0.15) is 96.9 Å². The van der Waals surface area contributed by atoms with Crippen LogP contribution in [0.4, 0.5) is 0 Å². The maximum atomic E-state index is 15.9. The molecule has 0 unspecified atom stereocenters. The third-order valence-corrected chi connectivity index (χ3v) is 25.0. The number of aliphatic hydroxyl groups is 1. The number of nitrogens with one attached hydrogen (secondary N) is 11. The summed E-state index contributed by atoms with van der Waals surface area (Å²) < 4.78 is 1.42. The summed E-state index contributed by atoms with van der Waals surface area (Å²) in [6.45, 7) is 5.34. The number of unbranched alkanes of at least 4 members (excludes halogenated alkanes) is 2. The van der Waals surface area contributed by atoms with E-state index in [9.17, 15) is 78.0 Å². The molecule has 23 N–H and O–H groups in total. The molecule has 0 bridgehead atoms. The number of benzene rings is 3. The van der Waals surface area contributed by atoms with Gasteiger partial charge in [0.05, 0.1) is 24.8 Å². The number of carbonyl (C=O) groups is 19. The van der Waals surface area contributed by atoms with Crippen molar-refractivity contribution in [3.63, 3.8) is 0 Å². The van der Waals surface area contributed by atoms with Gasteiger partial charge in [-0.15, -0.1) is 11.8 Å². The van der Waals surface area contributed by atoms with Crippen LogP contribution in [0.1, 0.15) is 141 Å². The van der Waals surface area contributed by atoms with Gasteiger partial charge < -0.3 is 131 Å². The van der Waals surface area contributed by atoms with E-state index in [2.05, 4.69) is 58.2 Å². The summed E-state index contributed by atoms with van der Waals surface area (Å²) in [4.78, 5) is 282. The largest absolute Gasteiger partial charge is 0.508 e. The number of thioether (sulfide) groups is 1. The number of phenolic OH excluding ortho intramolecular Hbond substituents is 1. The highest BCUT2D eigenvalue weighted by atomic mass is 32.2. The molecule has 5 aromatic rings. The maximum Gasteiger partial charge on any atom is 0.323 e. The average molecular weight is 1900 g/mol. The van der Waals surface area contributed by atoms with Crippen molar-refractivity contribution in [1.82, 2.24) is 87.2 Å². The summed E-state index contributed by atoms with van der Waals surface area (Å²) in [5, 5.41) is 68.7. The second-order valence-electron chi connectivity index (χ2n) is 34.6. The van der Waals surface area contributed by atoms with Crippen molar-refractivity contribution in [2.45, 2.75) is 241 Å². The van der Waals surface area contributed by atoms with Crippen LogP contribution in [0.2, 0.25) is 0 Å². The van der Waals surface area contributed by atoms with Gasteiger partial charge in [-0.25, -0.2) is 0 Å². The fourth-order valence-corrected chi connectivity index (χ4v) is 17.5. The Kier molecular flexibility index (Phi) is 40.2. The van der Waals surface area contributed by atoms with Crippen LogP contribution in [-0.2, 0) is 117 Å². The molecule has 3 aliphatic heterocycles. The van der Waals surface area contributed by atoms with E-state index in [4.69, 9.17) is 22.9 Å². The number of rotatable bonds is 27. The minimum absolute atomic E-state index is 0.0136. The molecule has 5 heterocycles. The minimum atomic E-state index is -1.85. The Morgan fingerprint density at radius 2 is 1.11 bits per heavy atom. The molecular weight excluding hydrogens is 1780 g/mol. The smallest absolute Gasteiger partial charge is 0.323 e. The molecule has 44 nitrogen and oxygen atoms in total. The fourth-order valence-electron chi connectivity index (χ4n) is 16.6. The Morgan fingerprint density at radius 3 is 1.76 bits per heavy atom. The lowest BCUT2D eigenvalue weighted by Gasteiger charge is -2.36. The lowest BCUT2D eigenvalue weighted by molar-refractivity contribution is -0.149. The van der Waals surface area contributed by atoms with Crippen molar-refractivity contribution < 1.29 is 112 Å². The molecule has 8 rings (SSSR count). The first-order valence-corrected chi connectivity index (χ1v) is 46.2. The van der Waals surface area contributed by atoms with Crippen LogP contribution in [0, 0.1) is 5.92 Å². The molecule has 736 valence electrons. The summed E-state index contributed by atoms with van der Waals surface area (Å²) >= 11 is 0.769.